The highest BCUT2D eigenvalue weighted by atomic mass is 32.1. The molecule has 2 aromatic heterocycles. The van der Waals surface area contributed by atoms with Crippen LogP contribution in [0.2, 0.25) is 0 Å². The lowest BCUT2D eigenvalue weighted by molar-refractivity contribution is 0.0988. The van der Waals surface area contributed by atoms with Crippen molar-refractivity contribution in [1.29, 1.82) is 0 Å². The smallest absolute Gasteiger partial charge is 0.263 e. The van der Waals surface area contributed by atoms with Crippen molar-refractivity contribution in [1.82, 2.24) is 20.2 Å². The molecule has 1 N–H and O–H groups in total. The molecule has 1 fully saturated rings. The molecular weight excluding hydrogens is 398 g/mol. The third-order valence-corrected chi connectivity index (χ3v) is 6.80. The second-order valence-electron chi connectivity index (χ2n) is 7.49. The van der Waals surface area contributed by atoms with E-state index in [0.717, 1.165) is 52.9 Å². The predicted octanol–water partition coefficient (Wildman–Crippen LogP) is 3.23. The quantitative estimate of drug-likeness (QED) is 0.692. The number of anilines is 3. The summed E-state index contributed by atoms with van der Waals surface area (Å²) in [7, 11) is 1.79. The van der Waals surface area contributed by atoms with Crippen molar-refractivity contribution in [3.63, 3.8) is 0 Å². The van der Waals surface area contributed by atoms with Crippen molar-refractivity contribution in [3.05, 3.63) is 41.0 Å². The SMILES string of the molecule is CCc1nnc(-c2cccc(N3CC4CCCN4c4nc(NC)ncc4C3=O)c2)s1. The van der Waals surface area contributed by atoms with Gasteiger partial charge in [-0.2, -0.15) is 4.98 Å². The molecule has 1 aromatic carbocycles. The molecule has 0 aliphatic carbocycles. The van der Waals surface area contributed by atoms with Gasteiger partial charge >= 0.3 is 0 Å². The van der Waals surface area contributed by atoms with Crippen LogP contribution in [0.4, 0.5) is 17.5 Å². The summed E-state index contributed by atoms with van der Waals surface area (Å²) in [6.45, 7) is 3.61. The van der Waals surface area contributed by atoms with Gasteiger partial charge in [0.15, 0.2) is 0 Å². The molecule has 1 amide bonds. The average molecular weight is 422 g/mol. The summed E-state index contributed by atoms with van der Waals surface area (Å²) in [4.78, 5) is 26.6. The fourth-order valence-electron chi connectivity index (χ4n) is 4.15. The van der Waals surface area contributed by atoms with Gasteiger partial charge in [-0.15, -0.1) is 10.2 Å². The topological polar surface area (TPSA) is 87.1 Å². The van der Waals surface area contributed by atoms with E-state index < -0.39 is 0 Å². The minimum absolute atomic E-state index is 0.0642. The minimum Gasteiger partial charge on any atom is -0.357 e. The second-order valence-corrected chi connectivity index (χ2v) is 8.55. The largest absolute Gasteiger partial charge is 0.357 e. The zero-order chi connectivity index (χ0) is 20.7. The van der Waals surface area contributed by atoms with Crippen molar-refractivity contribution >= 4 is 34.7 Å². The predicted molar refractivity (Wildman–Crippen MR) is 118 cm³/mol. The molecule has 9 heteroatoms. The lowest BCUT2D eigenvalue weighted by atomic mass is 10.1. The summed E-state index contributed by atoms with van der Waals surface area (Å²) in [5.74, 6) is 1.20. The highest BCUT2D eigenvalue weighted by molar-refractivity contribution is 7.14. The number of amides is 1. The number of hydrogen-bond acceptors (Lipinski definition) is 8. The number of aryl methyl sites for hydroxylation is 1. The molecule has 0 saturated carbocycles. The number of carbonyl (C=O) groups excluding carboxylic acids is 1. The van der Waals surface area contributed by atoms with Crippen molar-refractivity contribution in [2.24, 2.45) is 0 Å². The third kappa shape index (κ3) is 3.19. The van der Waals surface area contributed by atoms with E-state index in [1.807, 2.05) is 29.2 Å². The van der Waals surface area contributed by atoms with Crippen molar-refractivity contribution in [2.75, 3.05) is 35.3 Å². The van der Waals surface area contributed by atoms with E-state index in [2.05, 4.69) is 37.3 Å². The van der Waals surface area contributed by atoms with E-state index in [9.17, 15) is 4.79 Å². The molecular formula is C21H23N7OS. The van der Waals surface area contributed by atoms with Gasteiger partial charge in [0.2, 0.25) is 5.95 Å². The Morgan fingerprint density at radius 3 is 3.00 bits per heavy atom. The summed E-state index contributed by atoms with van der Waals surface area (Å²) in [6.07, 6.45) is 4.64. The molecule has 8 nitrogen and oxygen atoms in total. The molecule has 5 rings (SSSR count). The Morgan fingerprint density at radius 2 is 2.20 bits per heavy atom. The van der Waals surface area contributed by atoms with Crippen LogP contribution in [-0.2, 0) is 6.42 Å². The van der Waals surface area contributed by atoms with Gasteiger partial charge in [0.25, 0.3) is 5.91 Å². The molecule has 154 valence electrons. The fourth-order valence-corrected chi connectivity index (χ4v) is 4.92. The zero-order valence-corrected chi connectivity index (χ0v) is 17.8. The van der Waals surface area contributed by atoms with E-state index >= 15 is 0 Å². The van der Waals surface area contributed by atoms with Gasteiger partial charge < -0.3 is 15.1 Å². The minimum atomic E-state index is -0.0642. The number of fused-ring (bicyclic) bond motifs is 3. The Labute approximate surface area is 179 Å². The van der Waals surface area contributed by atoms with Gasteiger partial charge in [-0.3, -0.25) is 4.79 Å². The van der Waals surface area contributed by atoms with Crippen LogP contribution in [-0.4, -0.2) is 52.3 Å². The van der Waals surface area contributed by atoms with Gasteiger partial charge in [-0.25, -0.2) is 4.98 Å². The van der Waals surface area contributed by atoms with Crippen LogP contribution >= 0.6 is 11.3 Å². The van der Waals surface area contributed by atoms with Crippen LogP contribution in [0.25, 0.3) is 10.6 Å². The molecule has 1 saturated heterocycles. The summed E-state index contributed by atoms with van der Waals surface area (Å²) < 4.78 is 0. The van der Waals surface area contributed by atoms with Crippen LogP contribution in [0.5, 0.6) is 0 Å². The number of aromatic nitrogens is 4. The number of benzene rings is 1. The van der Waals surface area contributed by atoms with E-state index in [1.165, 1.54) is 0 Å². The first kappa shape index (κ1) is 18.9. The van der Waals surface area contributed by atoms with Gasteiger partial charge in [-0.1, -0.05) is 30.4 Å². The number of hydrogen-bond donors (Lipinski definition) is 1. The number of rotatable bonds is 4. The summed E-state index contributed by atoms with van der Waals surface area (Å²) in [6, 6.07) is 8.25. The van der Waals surface area contributed by atoms with Crippen LogP contribution in [0, 0.1) is 0 Å². The monoisotopic (exact) mass is 421 g/mol. The summed E-state index contributed by atoms with van der Waals surface area (Å²) >= 11 is 1.59. The fraction of sp³-hybridized carbons (Fsp3) is 0.381. The van der Waals surface area contributed by atoms with Crippen molar-refractivity contribution in [2.45, 2.75) is 32.2 Å². The molecule has 2 aliphatic rings. The molecule has 3 aromatic rings. The van der Waals surface area contributed by atoms with Gasteiger partial charge in [0.05, 0.1) is 0 Å². The molecule has 4 heterocycles. The Morgan fingerprint density at radius 1 is 1.30 bits per heavy atom. The first-order valence-corrected chi connectivity index (χ1v) is 11.1. The first-order chi connectivity index (χ1) is 14.7. The molecule has 0 bridgehead atoms. The lowest BCUT2D eigenvalue weighted by Gasteiger charge is -2.27. The maximum Gasteiger partial charge on any atom is 0.263 e. The van der Waals surface area contributed by atoms with E-state index in [4.69, 9.17) is 0 Å². The maximum absolute atomic E-state index is 13.5. The molecule has 2 aliphatic heterocycles. The highest BCUT2D eigenvalue weighted by Gasteiger charge is 2.37. The Bertz CT molecular complexity index is 1100. The van der Waals surface area contributed by atoms with Gasteiger partial charge in [0.1, 0.15) is 21.4 Å². The maximum atomic E-state index is 13.5. The van der Waals surface area contributed by atoms with Gasteiger partial charge in [0, 0.05) is 43.6 Å². The van der Waals surface area contributed by atoms with Gasteiger partial charge in [-0.05, 0) is 31.4 Å². The molecule has 0 spiro atoms. The van der Waals surface area contributed by atoms with Crippen LogP contribution < -0.4 is 15.1 Å². The van der Waals surface area contributed by atoms with Crippen LogP contribution in [0.15, 0.2) is 30.5 Å². The van der Waals surface area contributed by atoms with E-state index in [1.54, 1.807) is 24.6 Å². The van der Waals surface area contributed by atoms with E-state index in [-0.39, 0.29) is 11.9 Å². The Kier molecular flexibility index (Phi) is 4.82. The van der Waals surface area contributed by atoms with Crippen molar-refractivity contribution < 1.29 is 4.79 Å². The Hall–Kier alpha value is -3.07. The first-order valence-electron chi connectivity index (χ1n) is 10.2. The molecule has 30 heavy (non-hydrogen) atoms. The zero-order valence-electron chi connectivity index (χ0n) is 17.0. The number of nitrogens with zero attached hydrogens (tertiary/aromatic N) is 6. The van der Waals surface area contributed by atoms with E-state index in [0.29, 0.717) is 18.1 Å². The normalized spacial score (nSPS) is 18.2. The van der Waals surface area contributed by atoms with Crippen LogP contribution in [0.3, 0.4) is 0 Å². The second kappa shape index (κ2) is 7.64. The summed E-state index contributed by atoms with van der Waals surface area (Å²) in [5, 5.41) is 13.4. The van der Waals surface area contributed by atoms with Crippen molar-refractivity contribution in [3.8, 4) is 10.6 Å². The highest BCUT2D eigenvalue weighted by Crippen LogP contribution is 2.35. The standard InChI is InChI=1S/C21H23N7OS/c1-3-17-25-26-19(30-17)13-6-4-7-14(10-13)28-12-15-8-5-9-27(15)18-16(20(28)29)11-23-21(22-2)24-18/h4,6-7,10-11,15H,3,5,8-9,12H2,1-2H3,(H,22,23,24). The molecule has 0 radical (unpaired) electrons. The number of nitrogens with one attached hydrogen (secondary N) is 1. The molecule has 1 unspecified atom stereocenters. The van der Waals surface area contributed by atoms with Crippen LogP contribution in [0.1, 0.15) is 35.1 Å². The lowest BCUT2D eigenvalue weighted by Crippen LogP contribution is -2.39. The third-order valence-electron chi connectivity index (χ3n) is 5.68. The summed E-state index contributed by atoms with van der Waals surface area (Å²) in [5.41, 5.74) is 2.39. The Balaban J connectivity index is 1.56. The molecule has 1 atom stereocenters. The average Bonchev–Trinajstić information content (AvgIpc) is 3.44. The number of carbonyl (C=O) groups is 1.